The minimum atomic E-state index is -0.560. The molecule has 0 radical (unpaired) electrons. The van der Waals surface area contributed by atoms with Gasteiger partial charge in [-0.2, -0.15) is 4.98 Å². The number of rotatable bonds is 5. The Morgan fingerprint density at radius 2 is 2.10 bits per heavy atom. The van der Waals surface area contributed by atoms with Crippen LogP contribution >= 0.6 is 0 Å². The molecule has 0 aliphatic carbocycles. The van der Waals surface area contributed by atoms with E-state index in [0.717, 1.165) is 0 Å². The number of hydrogen-bond donors (Lipinski definition) is 2. The fourth-order valence-electron chi connectivity index (χ4n) is 2.81. The summed E-state index contributed by atoms with van der Waals surface area (Å²) in [5, 5.41) is 9.32. The molecule has 1 aliphatic heterocycles. The van der Waals surface area contributed by atoms with Crippen LogP contribution in [0.5, 0.6) is 11.5 Å². The quantitative estimate of drug-likeness (QED) is 0.683. The van der Waals surface area contributed by atoms with Crippen molar-refractivity contribution in [3.05, 3.63) is 59.7 Å². The minimum absolute atomic E-state index is 0.0715. The Labute approximate surface area is 166 Å². The van der Waals surface area contributed by atoms with E-state index in [1.165, 1.54) is 0 Å². The molecule has 2 amide bonds. The fourth-order valence-corrected chi connectivity index (χ4v) is 2.81. The zero-order chi connectivity index (χ0) is 20.4. The van der Waals surface area contributed by atoms with Crippen molar-refractivity contribution >= 4 is 23.2 Å². The average molecular weight is 394 g/mol. The molecule has 3 aromatic rings. The number of aromatic nitrogens is 2. The normalized spacial score (nSPS) is 15.1. The zero-order valence-corrected chi connectivity index (χ0v) is 15.8. The third-order valence-corrected chi connectivity index (χ3v) is 4.23. The van der Waals surface area contributed by atoms with Gasteiger partial charge in [-0.15, -0.1) is 0 Å². The summed E-state index contributed by atoms with van der Waals surface area (Å²) < 4.78 is 16.1. The van der Waals surface area contributed by atoms with Gasteiger partial charge >= 0.3 is 0 Å². The van der Waals surface area contributed by atoms with Crippen LogP contribution in [0.25, 0.3) is 0 Å². The van der Waals surface area contributed by atoms with Crippen molar-refractivity contribution in [1.82, 2.24) is 10.1 Å². The van der Waals surface area contributed by atoms with Gasteiger partial charge in [0.25, 0.3) is 11.8 Å². The van der Waals surface area contributed by atoms with Gasteiger partial charge in [0.1, 0.15) is 11.5 Å². The van der Waals surface area contributed by atoms with Gasteiger partial charge in [-0.3, -0.25) is 9.59 Å². The Bertz CT molecular complexity index is 1080. The zero-order valence-electron chi connectivity index (χ0n) is 15.8. The SMILES string of the molecule is Cc1nc(COc2ccccc2C(=O)Nc2ccc3c(c2)NC(=O)[C@H](C)O3)no1. The first-order valence-electron chi connectivity index (χ1n) is 8.93. The van der Waals surface area contributed by atoms with Crippen LogP contribution in [0.1, 0.15) is 29.0 Å². The molecular weight excluding hydrogens is 376 g/mol. The number of carbonyl (C=O) groups excluding carboxylic acids is 2. The maximum Gasteiger partial charge on any atom is 0.265 e. The first kappa shape index (κ1) is 18.5. The lowest BCUT2D eigenvalue weighted by Crippen LogP contribution is -2.34. The number of para-hydroxylation sites is 1. The number of anilines is 2. The Balaban J connectivity index is 1.49. The van der Waals surface area contributed by atoms with E-state index in [0.29, 0.717) is 40.2 Å². The number of fused-ring (bicyclic) bond motifs is 1. The number of ether oxygens (including phenoxy) is 2. The second kappa shape index (κ2) is 7.63. The van der Waals surface area contributed by atoms with E-state index in [1.54, 1.807) is 56.3 Å². The summed E-state index contributed by atoms with van der Waals surface area (Å²) in [6.45, 7) is 3.42. The highest BCUT2D eigenvalue weighted by Gasteiger charge is 2.24. The van der Waals surface area contributed by atoms with Gasteiger partial charge in [0.15, 0.2) is 12.7 Å². The monoisotopic (exact) mass is 394 g/mol. The molecule has 29 heavy (non-hydrogen) atoms. The lowest BCUT2D eigenvalue weighted by Gasteiger charge is -2.23. The molecule has 1 atom stereocenters. The summed E-state index contributed by atoms with van der Waals surface area (Å²) in [5.74, 6) is 1.16. The van der Waals surface area contributed by atoms with Crippen molar-refractivity contribution in [2.45, 2.75) is 26.6 Å². The smallest absolute Gasteiger partial charge is 0.265 e. The molecule has 9 heteroatoms. The Hall–Kier alpha value is -3.88. The molecule has 4 rings (SSSR count). The van der Waals surface area contributed by atoms with Gasteiger partial charge in [0.2, 0.25) is 11.7 Å². The second-order valence-corrected chi connectivity index (χ2v) is 6.43. The number of amides is 2. The van der Waals surface area contributed by atoms with Crippen LogP contribution in [0, 0.1) is 6.92 Å². The van der Waals surface area contributed by atoms with Crippen molar-refractivity contribution in [3.63, 3.8) is 0 Å². The Morgan fingerprint density at radius 3 is 2.90 bits per heavy atom. The van der Waals surface area contributed by atoms with Gasteiger partial charge in [-0.1, -0.05) is 17.3 Å². The number of nitrogens with one attached hydrogen (secondary N) is 2. The molecule has 0 saturated heterocycles. The molecule has 0 bridgehead atoms. The predicted molar refractivity (Wildman–Crippen MR) is 103 cm³/mol. The summed E-state index contributed by atoms with van der Waals surface area (Å²) in [4.78, 5) is 28.6. The topological polar surface area (TPSA) is 116 Å². The molecule has 1 aliphatic rings. The molecule has 0 fully saturated rings. The third kappa shape index (κ3) is 4.03. The van der Waals surface area contributed by atoms with Crippen molar-refractivity contribution in [2.24, 2.45) is 0 Å². The minimum Gasteiger partial charge on any atom is -0.485 e. The molecule has 2 heterocycles. The van der Waals surface area contributed by atoms with Gasteiger partial charge < -0.3 is 24.6 Å². The van der Waals surface area contributed by atoms with Gasteiger partial charge in [0.05, 0.1) is 11.3 Å². The van der Waals surface area contributed by atoms with E-state index in [2.05, 4.69) is 20.8 Å². The molecule has 2 N–H and O–H groups in total. The number of benzene rings is 2. The summed E-state index contributed by atoms with van der Waals surface area (Å²) >= 11 is 0. The van der Waals surface area contributed by atoms with Gasteiger partial charge in [-0.25, -0.2) is 0 Å². The third-order valence-electron chi connectivity index (χ3n) is 4.23. The number of aryl methyl sites for hydroxylation is 1. The highest BCUT2D eigenvalue weighted by Crippen LogP contribution is 2.32. The number of carbonyl (C=O) groups is 2. The van der Waals surface area contributed by atoms with Crippen LogP contribution in [-0.2, 0) is 11.4 Å². The average Bonchev–Trinajstić information content (AvgIpc) is 3.13. The first-order valence-corrected chi connectivity index (χ1v) is 8.93. The molecule has 2 aromatic carbocycles. The highest BCUT2D eigenvalue weighted by molar-refractivity contribution is 6.07. The summed E-state index contributed by atoms with van der Waals surface area (Å²) in [5.41, 5.74) is 1.36. The molecule has 0 saturated carbocycles. The van der Waals surface area contributed by atoms with E-state index < -0.39 is 6.10 Å². The van der Waals surface area contributed by atoms with Crippen molar-refractivity contribution in [3.8, 4) is 11.5 Å². The predicted octanol–water partition coefficient (Wildman–Crippen LogP) is 2.93. The molecule has 148 valence electrons. The Kier molecular flexibility index (Phi) is 4.86. The van der Waals surface area contributed by atoms with E-state index in [9.17, 15) is 9.59 Å². The molecule has 0 spiro atoms. The van der Waals surface area contributed by atoms with E-state index in [1.807, 2.05) is 0 Å². The maximum atomic E-state index is 12.8. The van der Waals surface area contributed by atoms with E-state index >= 15 is 0 Å². The number of hydrogen-bond acceptors (Lipinski definition) is 7. The van der Waals surface area contributed by atoms with E-state index in [-0.39, 0.29) is 18.4 Å². The van der Waals surface area contributed by atoms with E-state index in [4.69, 9.17) is 14.0 Å². The molecule has 1 aromatic heterocycles. The first-order chi connectivity index (χ1) is 14.0. The van der Waals surface area contributed by atoms with Crippen LogP contribution in [-0.4, -0.2) is 28.1 Å². The van der Waals surface area contributed by atoms with Crippen LogP contribution in [0.15, 0.2) is 47.0 Å². The second-order valence-electron chi connectivity index (χ2n) is 6.43. The van der Waals surface area contributed by atoms with Crippen molar-refractivity contribution in [1.29, 1.82) is 0 Å². The van der Waals surface area contributed by atoms with Crippen LogP contribution in [0.3, 0.4) is 0 Å². The lowest BCUT2D eigenvalue weighted by atomic mass is 10.1. The Morgan fingerprint density at radius 1 is 1.28 bits per heavy atom. The van der Waals surface area contributed by atoms with Crippen molar-refractivity contribution in [2.75, 3.05) is 10.6 Å². The maximum absolute atomic E-state index is 12.8. The molecule has 0 unspecified atom stereocenters. The van der Waals surface area contributed by atoms with Gasteiger partial charge in [0, 0.05) is 12.6 Å². The highest BCUT2D eigenvalue weighted by atomic mass is 16.5. The number of nitrogens with zero attached hydrogens (tertiary/aromatic N) is 2. The molecular formula is C20H18N4O5. The molecule has 9 nitrogen and oxygen atoms in total. The summed E-state index contributed by atoms with van der Waals surface area (Å²) in [6.07, 6.45) is -0.560. The fraction of sp³-hybridized carbons (Fsp3) is 0.200. The van der Waals surface area contributed by atoms with Gasteiger partial charge in [-0.05, 0) is 37.3 Å². The van der Waals surface area contributed by atoms with Crippen LogP contribution < -0.4 is 20.1 Å². The van der Waals surface area contributed by atoms with Crippen LogP contribution in [0.4, 0.5) is 11.4 Å². The summed E-state index contributed by atoms with van der Waals surface area (Å²) in [7, 11) is 0. The lowest BCUT2D eigenvalue weighted by molar-refractivity contribution is -0.122. The largest absolute Gasteiger partial charge is 0.485 e. The van der Waals surface area contributed by atoms with Crippen LogP contribution in [0.2, 0.25) is 0 Å². The van der Waals surface area contributed by atoms with Crippen molar-refractivity contribution < 1.29 is 23.6 Å². The summed E-state index contributed by atoms with van der Waals surface area (Å²) in [6, 6.07) is 11.9. The standard InChI is InChI=1S/C20H18N4O5/c1-11-19(25)23-15-9-13(7-8-17(15)28-11)22-20(26)14-5-3-4-6-16(14)27-10-18-21-12(2)29-24-18/h3-9,11H,10H2,1-2H3,(H,22,26)(H,23,25)/t11-/m0/s1.